The van der Waals surface area contributed by atoms with Crippen molar-refractivity contribution >= 4 is 17.3 Å². The molecule has 0 saturated carbocycles. The first-order valence-electron chi connectivity index (χ1n) is 17.1. The SMILES string of the molecule is COc1ccc(COc2ccc(-c3cnc(Nc4ccc(N5CCC(N6CCN(C)CC6)CC5)cc4OC)nc3)cc2C2OCCO2)cc1. The molecule has 3 aliphatic heterocycles. The highest BCUT2D eigenvalue weighted by molar-refractivity contribution is 5.69. The molecule has 4 aromatic rings. The van der Waals surface area contributed by atoms with Crippen LogP contribution >= 0.6 is 0 Å². The van der Waals surface area contributed by atoms with E-state index in [1.807, 2.05) is 54.9 Å². The van der Waals surface area contributed by atoms with Crippen LogP contribution in [0, 0.1) is 0 Å². The van der Waals surface area contributed by atoms with Crippen LogP contribution in [0.4, 0.5) is 17.3 Å². The molecule has 3 saturated heterocycles. The van der Waals surface area contributed by atoms with E-state index in [4.69, 9.17) is 23.7 Å². The summed E-state index contributed by atoms with van der Waals surface area (Å²) in [6, 6.07) is 20.8. The first-order chi connectivity index (χ1) is 24.1. The molecule has 0 atom stereocenters. The van der Waals surface area contributed by atoms with Gasteiger partial charge in [0.05, 0.1) is 38.7 Å². The number of methoxy groups -OCH3 is 2. The lowest BCUT2D eigenvalue weighted by atomic mass is 10.0. The van der Waals surface area contributed by atoms with Gasteiger partial charge in [0.15, 0.2) is 6.29 Å². The molecular weight excluding hydrogens is 620 g/mol. The summed E-state index contributed by atoms with van der Waals surface area (Å²) in [5, 5.41) is 3.35. The lowest BCUT2D eigenvalue weighted by Crippen LogP contribution is -2.52. The van der Waals surface area contributed by atoms with Gasteiger partial charge in [-0.2, -0.15) is 0 Å². The van der Waals surface area contributed by atoms with E-state index in [9.17, 15) is 0 Å². The Hall–Kier alpha value is -4.42. The van der Waals surface area contributed by atoms with Gasteiger partial charge in [-0.15, -0.1) is 0 Å². The number of nitrogens with zero attached hydrogens (tertiary/aromatic N) is 5. The first kappa shape index (κ1) is 33.1. The molecule has 1 aromatic heterocycles. The summed E-state index contributed by atoms with van der Waals surface area (Å²) < 4.78 is 29.0. The maximum atomic E-state index is 6.23. The van der Waals surface area contributed by atoms with Crippen LogP contribution in [-0.4, -0.2) is 99.6 Å². The van der Waals surface area contributed by atoms with Crippen molar-refractivity contribution in [3.63, 3.8) is 0 Å². The Morgan fingerprint density at radius 1 is 0.776 bits per heavy atom. The summed E-state index contributed by atoms with van der Waals surface area (Å²) in [5.74, 6) is 2.77. The van der Waals surface area contributed by atoms with E-state index < -0.39 is 6.29 Å². The number of piperidine rings is 1. The summed E-state index contributed by atoms with van der Waals surface area (Å²) in [6.45, 7) is 8.27. The molecule has 0 aliphatic carbocycles. The Morgan fingerprint density at radius 2 is 1.51 bits per heavy atom. The predicted octanol–water partition coefficient (Wildman–Crippen LogP) is 5.75. The van der Waals surface area contributed by atoms with Gasteiger partial charge in [-0.05, 0) is 67.4 Å². The fraction of sp³-hybridized carbons (Fsp3) is 0.421. The Morgan fingerprint density at radius 3 is 2.20 bits per heavy atom. The maximum absolute atomic E-state index is 6.23. The minimum atomic E-state index is -0.494. The molecule has 0 bridgehead atoms. The number of piperazine rings is 1. The standard InChI is InChI=1S/C38H46N6O5/c1-42-16-18-44(19-17-42)30-12-14-43(15-13-30)31-7-10-34(36(23-31)46-3)41-38-39-24-29(25-40-38)28-6-11-35(33(22-28)37-47-20-21-48-37)49-26-27-4-8-32(45-2)9-5-27/h4-11,22-25,30,37H,12-21,26H2,1-3H3,(H,39,40,41). The van der Waals surface area contributed by atoms with Gasteiger partial charge in [0.2, 0.25) is 5.95 Å². The third-order valence-corrected chi connectivity index (χ3v) is 9.74. The molecular formula is C38H46N6O5. The van der Waals surface area contributed by atoms with Crippen molar-refractivity contribution in [1.82, 2.24) is 19.8 Å². The highest BCUT2D eigenvalue weighted by Crippen LogP contribution is 2.36. The molecule has 258 valence electrons. The second-order valence-electron chi connectivity index (χ2n) is 12.8. The van der Waals surface area contributed by atoms with E-state index in [0.29, 0.717) is 37.6 Å². The maximum Gasteiger partial charge on any atom is 0.227 e. The van der Waals surface area contributed by atoms with Gasteiger partial charge in [-0.3, -0.25) is 4.90 Å². The van der Waals surface area contributed by atoms with E-state index >= 15 is 0 Å². The second kappa shape index (κ2) is 15.4. The summed E-state index contributed by atoms with van der Waals surface area (Å²) in [5.41, 5.74) is 5.68. The summed E-state index contributed by atoms with van der Waals surface area (Å²) in [6.07, 6.45) is 5.51. The lowest BCUT2D eigenvalue weighted by Gasteiger charge is -2.42. The predicted molar refractivity (Wildman–Crippen MR) is 190 cm³/mol. The molecule has 3 aromatic carbocycles. The van der Waals surface area contributed by atoms with Crippen LogP contribution in [0.2, 0.25) is 0 Å². The molecule has 49 heavy (non-hydrogen) atoms. The van der Waals surface area contributed by atoms with Gasteiger partial charge in [-0.1, -0.05) is 18.2 Å². The number of benzene rings is 3. The summed E-state index contributed by atoms with van der Waals surface area (Å²) in [7, 11) is 5.58. The normalized spacial score (nSPS) is 18.1. The summed E-state index contributed by atoms with van der Waals surface area (Å²) in [4.78, 5) is 16.8. The number of hydrogen-bond donors (Lipinski definition) is 1. The molecule has 3 aliphatic rings. The number of rotatable bonds is 11. The van der Waals surface area contributed by atoms with Crippen LogP contribution in [0.5, 0.6) is 17.2 Å². The molecule has 0 amide bonds. The molecule has 0 radical (unpaired) electrons. The fourth-order valence-electron chi connectivity index (χ4n) is 6.78. The lowest BCUT2D eigenvalue weighted by molar-refractivity contribution is -0.0458. The van der Waals surface area contributed by atoms with Crippen LogP contribution in [0.3, 0.4) is 0 Å². The highest BCUT2D eigenvalue weighted by atomic mass is 16.7. The molecule has 0 spiro atoms. The Balaban J connectivity index is 0.998. The molecule has 11 heteroatoms. The van der Waals surface area contributed by atoms with Crippen molar-refractivity contribution in [3.05, 3.63) is 84.2 Å². The first-order valence-corrected chi connectivity index (χ1v) is 17.1. The molecule has 3 fully saturated rings. The monoisotopic (exact) mass is 666 g/mol. The van der Waals surface area contributed by atoms with E-state index in [0.717, 1.165) is 52.5 Å². The quantitative estimate of drug-likeness (QED) is 0.212. The van der Waals surface area contributed by atoms with Crippen molar-refractivity contribution in [1.29, 1.82) is 0 Å². The van der Waals surface area contributed by atoms with Crippen LogP contribution in [0.25, 0.3) is 11.1 Å². The minimum absolute atomic E-state index is 0.409. The zero-order valence-corrected chi connectivity index (χ0v) is 28.6. The zero-order chi connectivity index (χ0) is 33.6. The van der Waals surface area contributed by atoms with Crippen molar-refractivity contribution in [3.8, 4) is 28.4 Å². The number of likely N-dealkylation sites (N-methyl/N-ethyl adjacent to an activating group) is 1. The van der Waals surface area contributed by atoms with Crippen molar-refractivity contribution in [2.75, 3.05) is 84.0 Å². The van der Waals surface area contributed by atoms with Gasteiger partial charge < -0.3 is 38.8 Å². The molecule has 0 unspecified atom stereocenters. The van der Waals surface area contributed by atoms with Gasteiger partial charge in [-0.25, -0.2) is 9.97 Å². The number of hydrogen-bond acceptors (Lipinski definition) is 11. The topological polar surface area (TPSA) is 93.7 Å². The minimum Gasteiger partial charge on any atom is -0.497 e. The van der Waals surface area contributed by atoms with E-state index in [1.54, 1.807) is 14.2 Å². The smallest absolute Gasteiger partial charge is 0.227 e. The van der Waals surface area contributed by atoms with Gasteiger partial charge in [0.1, 0.15) is 23.9 Å². The zero-order valence-electron chi connectivity index (χ0n) is 28.6. The van der Waals surface area contributed by atoms with E-state index in [1.165, 1.54) is 44.7 Å². The largest absolute Gasteiger partial charge is 0.497 e. The number of nitrogens with one attached hydrogen (secondary N) is 1. The average molecular weight is 667 g/mol. The van der Waals surface area contributed by atoms with Gasteiger partial charge in [0.25, 0.3) is 0 Å². The Kier molecular flexibility index (Phi) is 10.4. The molecule has 4 heterocycles. The molecule has 1 N–H and O–H groups in total. The van der Waals surface area contributed by atoms with Gasteiger partial charge >= 0.3 is 0 Å². The van der Waals surface area contributed by atoms with E-state index in [2.05, 4.69) is 55.2 Å². The van der Waals surface area contributed by atoms with Crippen LogP contribution in [0.15, 0.2) is 73.1 Å². The van der Waals surface area contributed by atoms with Crippen molar-refractivity contribution in [2.24, 2.45) is 0 Å². The summed E-state index contributed by atoms with van der Waals surface area (Å²) >= 11 is 0. The molecule has 11 nitrogen and oxygen atoms in total. The third-order valence-electron chi connectivity index (χ3n) is 9.74. The Labute approximate surface area is 288 Å². The number of aromatic nitrogens is 2. The van der Waals surface area contributed by atoms with Crippen molar-refractivity contribution < 1.29 is 23.7 Å². The van der Waals surface area contributed by atoms with E-state index in [-0.39, 0.29) is 0 Å². The number of ether oxygens (including phenoxy) is 5. The second-order valence-corrected chi connectivity index (χ2v) is 12.8. The van der Waals surface area contributed by atoms with Crippen LogP contribution in [-0.2, 0) is 16.1 Å². The van der Waals surface area contributed by atoms with Crippen LogP contribution in [0.1, 0.15) is 30.3 Å². The van der Waals surface area contributed by atoms with Crippen molar-refractivity contribution in [2.45, 2.75) is 31.8 Å². The number of anilines is 3. The highest BCUT2D eigenvalue weighted by Gasteiger charge is 2.27. The van der Waals surface area contributed by atoms with Gasteiger partial charge in [0, 0.05) is 75.0 Å². The van der Waals surface area contributed by atoms with Crippen LogP contribution < -0.4 is 24.4 Å². The third kappa shape index (κ3) is 7.91. The fourth-order valence-corrected chi connectivity index (χ4v) is 6.78. The Bertz CT molecular complexity index is 1670. The average Bonchev–Trinajstić information content (AvgIpc) is 3.70. The molecule has 7 rings (SSSR count).